The molecule has 0 bridgehead atoms. The van der Waals surface area contributed by atoms with Crippen LogP contribution in [-0.2, 0) is 13.6 Å². The van der Waals surface area contributed by atoms with E-state index in [9.17, 15) is 13.6 Å². The van der Waals surface area contributed by atoms with Gasteiger partial charge in [-0.15, -0.1) is 5.10 Å². The Labute approximate surface area is 125 Å². The van der Waals surface area contributed by atoms with Gasteiger partial charge in [-0.2, -0.15) is 5.10 Å². The number of halogens is 3. The average Bonchev–Trinajstić information content (AvgIpc) is 2.84. The normalized spacial score (nSPS) is 11.2. The maximum Gasteiger partial charge on any atom is 0.281 e. The van der Waals surface area contributed by atoms with Gasteiger partial charge in [-0.25, -0.2) is 18.1 Å². The third kappa shape index (κ3) is 2.23. The van der Waals surface area contributed by atoms with Crippen molar-refractivity contribution in [1.82, 2.24) is 24.8 Å². The Hall–Kier alpha value is -2.16. The molecule has 0 radical (unpaired) electrons. The lowest BCUT2D eigenvalue weighted by Crippen LogP contribution is -2.25. The molecule has 0 atom stereocenters. The van der Waals surface area contributed by atoms with E-state index < -0.39 is 17.2 Å². The maximum atomic E-state index is 13.9. The van der Waals surface area contributed by atoms with Crippen molar-refractivity contribution in [1.29, 1.82) is 0 Å². The number of aryl methyl sites for hydroxylation is 1. The lowest BCUT2D eigenvalue weighted by atomic mass is 10.2. The minimum Gasteiger partial charge on any atom is -0.267 e. The summed E-state index contributed by atoms with van der Waals surface area (Å²) in [6.07, 6.45) is 1.34. The van der Waals surface area contributed by atoms with Crippen molar-refractivity contribution in [3.63, 3.8) is 0 Å². The molecule has 0 fully saturated rings. The molecule has 2 aromatic heterocycles. The van der Waals surface area contributed by atoms with Crippen LogP contribution >= 0.6 is 15.9 Å². The summed E-state index contributed by atoms with van der Waals surface area (Å²) in [6, 6.07) is 2.37. The van der Waals surface area contributed by atoms with E-state index in [0.717, 1.165) is 10.7 Å². The van der Waals surface area contributed by atoms with Crippen LogP contribution < -0.4 is 5.56 Å². The fourth-order valence-corrected chi connectivity index (χ4v) is 2.32. The molecular formula is C12H8BrF2N5O. The smallest absolute Gasteiger partial charge is 0.267 e. The molecule has 1 aromatic carbocycles. The Balaban J connectivity index is 2.13. The van der Waals surface area contributed by atoms with Crippen LogP contribution in [0.15, 0.2) is 27.6 Å². The van der Waals surface area contributed by atoms with Gasteiger partial charge in [0.05, 0.1) is 17.2 Å². The first-order valence-electron chi connectivity index (χ1n) is 5.87. The van der Waals surface area contributed by atoms with Crippen LogP contribution in [0.5, 0.6) is 0 Å². The van der Waals surface area contributed by atoms with Crippen LogP contribution in [0.1, 0.15) is 5.56 Å². The highest BCUT2D eigenvalue weighted by molar-refractivity contribution is 9.10. The quantitative estimate of drug-likeness (QED) is 0.655. The average molecular weight is 356 g/mol. The lowest BCUT2D eigenvalue weighted by molar-refractivity contribution is 0.512. The summed E-state index contributed by atoms with van der Waals surface area (Å²) in [5.41, 5.74) is -0.456. The molecule has 6 nitrogen and oxygen atoms in total. The van der Waals surface area contributed by atoms with Crippen LogP contribution in [0.3, 0.4) is 0 Å². The molecule has 21 heavy (non-hydrogen) atoms. The van der Waals surface area contributed by atoms with Gasteiger partial charge in [0.25, 0.3) is 5.56 Å². The monoisotopic (exact) mass is 355 g/mol. The lowest BCUT2D eigenvalue weighted by Gasteiger charge is -2.07. The minimum absolute atomic E-state index is 0.113. The van der Waals surface area contributed by atoms with E-state index in [-0.39, 0.29) is 22.0 Å². The summed E-state index contributed by atoms with van der Waals surface area (Å²) >= 11 is 2.98. The summed E-state index contributed by atoms with van der Waals surface area (Å²) in [7, 11) is 1.62. The molecule has 0 aliphatic heterocycles. The number of fused-ring (bicyclic) bond motifs is 1. The first-order chi connectivity index (χ1) is 9.99. The van der Waals surface area contributed by atoms with Crippen molar-refractivity contribution in [2.75, 3.05) is 0 Å². The van der Waals surface area contributed by atoms with Crippen molar-refractivity contribution in [3.05, 3.63) is 50.4 Å². The van der Waals surface area contributed by atoms with Gasteiger partial charge >= 0.3 is 0 Å². The second-order valence-electron chi connectivity index (χ2n) is 4.38. The van der Waals surface area contributed by atoms with E-state index >= 15 is 0 Å². The third-order valence-corrected chi connectivity index (χ3v) is 3.68. The van der Waals surface area contributed by atoms with Crippen LogP contribution in [0.4, 0.5) is 8.78 Å². The molecule has 0 unspecified atom stereocenters. The standard InChI is InChI=1S/C12H8BrF2N5O/c1-19-11-6(4-16-19)12(21)20(18-17-11)5-7-9(14)3-2-8(13)10(7)15/h2-4H,5H2,1H3. The van der Waals surface area contributed by atoms with Crippen LogP contribution in [-0.4, -0.2) is 24.8 Å². The minimum atomic E-state index is -0.769. The highest BCUT2D eigenvalue weighted by Crippen LogP contribution is 2.21. The van der Waals surface area contributed by atoms with E-state index in [0.29, 0.717) is 5.65 Å². The number of rotatable bonds is 2. The number of hydrogen-bond donors (Lipinski definition) is 0. The molecule has 0 spiro atoms. The Morgan fingerprint density at radius 2 is 2.10 bits per heavy atom. The summed E-state index contributed by atoms with van der Waals surface area (Å²) < 4.78 is 30.1. The zero-order chi connectivity index (χ0) is 15.1. The summed E-state index contributed by atoms with van der Waals surface area (Å²) in [5.74, 6) is -1.52. The Kier molecular flexibility index (Phi) is 3.28. The summed E-state index contributed by atoms with van der Waals surface area (Å²) in [4.78, 5) is 12.2. The molecule has 0 aliphatic carbocycles. The number of aromatic nitrogens is 5. The summed E-state index contributed by atoms with van der Waals surface area (Å²) in [6.45, 7) is -0.353. The molecule has 2 heterocycles. The second-order valence-corrected chi connectivity index (χ2v) is 5.23. The topological polar surface area (TPSA) is 65.6 Å². The molecule has 3 rings (SSSR count). The molecule has 108 valence electrons. The zero-order valence-electron chi connectivity index (χ0n) is 10.7. The first kappa shape index (κ1) is 13.8. The molecule has 0 amide bonds. The second kappa shape index (κ2) is 4.99. The van der Waals surface area contributed by atoms with Crippen molar-refractivity contribution in [2.45, 2.75) is 6.54 Å². The van der Waals surface area contributed by atoms with E-state index in [1.807, 2.05) is 0 Å². The van der Waals surface area contributed by atoms with Gasteiger partial charge < -0.3 is 0 Å². The van der Waals surface area contributed by atoms with Gasteiger partial charge in [0.15, 0.2) is 5.65 Å². The number of nitrogens with zero attached hydrogens (tertiary/aromatic N) is 5. The van der Waals surface area contributed by atoms with E-state index in [4.69, 9.17) is 0 Å². The predicted octanol–water partition coefficient (Wildman–Crippen LogP) is 1.61. The van der Waals surface area contributed by atoms with Crippen LogP contribution in [0, 0.1) is 11.6 Å². The Morgan fingerprint density at radius 3 is 2.86 bits per heavy atom. The van der Waals surface area contributed by atoms with Gasteiger partial charge in [-0.1, -0.05) is 5.21 Å². The van der Waals surface area contributed by atoms with E-state index in [1.165, 1.54) is 16.9 Å². The molecule has 0 saturated carbocycles. The van der Waals surface area contributed by atoms with E-state index in [2.05, 4.69) is 31.3 Å². The fourth-order valence-electron chi connectivity index (χ4n) is 1.94. The van der Waals surface area contributed by atoms with Gasteiger partial charge in [0.2, 0.25) is 0 Å². The van der Waals surface area contributed by atoms with Gasteiger partial charge in [0, 0.05) is 12.6 Å². The number of benzene rings is 1. The fraction of sp³-hybridized carbons (Fsp3) is 0.167. The predicted molar refractivity (Wildman–Crippen MR) is 73.7 cm³/mol. The molecular weight excluding hydrogens is 348 g/mol. The third-order valence-electron chi connectivity index (χ3n) is 3.07. The van der Waals surface area contributed by atoms with Gasteiger partial charge in [0.1, 0.15) is 17.0 Å². The Morgan fingerprint density at radius 1 is 1.33 bits per heavy atom. The maximum absolute atomic E-state index is 13.9. The van der Waals surface area contributed by atoms with Crippen molar-refractivity contribution < 1.29 is 8.78 Å². The van der Waals surface area contributed by atoms with Crippen molar-refractivity contribution >= 4 is 27.0 Å². The van der Waals surface area contributed by atoms with Gasteiger partial charge in [-0.05, 0) is 28.1 Å². The molecule has 3 aromatic rings. The first-order valence-corrected chi connectivity index (χ1v) is 6.66. The van der Waals surface area contributed by atoms with Crippen molar-refractivity contribution in [2.24, 2.45) is 7.05 Å². The van der Waals surface area contributed by atoms with Crippen LogP contribution in [0.2, 0.25) is 0 Å². The Bertz CT molecular complexity index is 905. The van der Waals surface area contributed by atoms with Crippen molar-refractivity contribution in [3.8, 4) is 0 Å². The molecule has 0 N–H and O–H groups in total. The van der Waals surface area contributed by atoms with Gasteiger partial charge in [-0.3, -0.25) is 4.79 Å². The zero-order valence-corrected chi connectivity index (χ0v) is 12.3. The number of hydrogen-bond acceptors (Lipinski definition) is 4. The van der Waals surface area contributed by atoms with Crippen LogP contribution in [0.25, 0.3) is 11.0 Å². The largest absolute Gasteiger partial charge is 0.281 e. The molecule has 0 aliphatic rings. The summed E-state index contributed by atoms with van der Waals surface area (Å²) in [5, 5.41) is 11.7. The highest BCUT2D eigenvalue weighted by Gasteiger charge is 2.16. The SMILES string of the molecule is Cn1ncc2c(=O)n(Cc3c(F)ccc(Br)c3F)nnc21. The highest BCUT2D eigenvalue weighted by atomic mass is 79.9. The van der Waals surface area contributed by atoms with E-state index in [1.54, 1.807) is 7.05 Å². The molecule has 0 saturated heterocycles. The molecule has 9 heteroatoms.